The van der Waals surface area contributed by atoms with Gasteiger partial charge in [-0.3, -0.25) is 9.59 Å². The lowest BCUT2D eigenvalue weighted by Gasteiger charge is -2.26. The van der Waals surface area contributed by atoms with Gasteiger partial charge in [0.25, 0.3) is 5.91 Å². The minimum absolute atomic E-state index is 0.0552. The summed E-state index contributed by atoms with van der Waals surface area (Å²) in [6.07, 6.45) is 1.06. The van der Waals surface area contributed by atoms with Crippen LogP contribution in [0.25, 0.3) is 0 Å². The SMILES string of the molecule is O=C1CC(N(Cc2ccco2)S(=O)(=O)c2cc(Cl)ccc2Cl)C(=O)N1c1ccc(Br)cc1. The highest BCUT2D eigenvalue weighted by atomic mass is 79.9. The first-order valence-electron chi connectivity index (χ1n) is 9.30. The summed E-state index contributed by atoms with van der Waals surface area (Å²) >= 11 is 15.5. The zero-order valence-corrected chi connectivity index (χ0v) is 20.2. The Bertz CT molecular complexity index is 1280. The molecule has 2 aromatic carbocycles. The monoisotopic (exact) mass is 556 g/mol. The molecule has 1 atom stereocenters. The van der Waals surface area contributed by atoms with E-state index in [1.165, 1.54) is 24.5 Å². The summed E-state index contributed by atoms with van der Waals surface area (Å²) in [5, 5.41) is 0.108. The number of furan rings is 1. The van der Waals surface area contributed by atoms with Gasteiger partial charge in [-0.25, -0.2) is 13.3 Å². The lowest BCUT2D eigenvalue weighted by atomic mass is 10.2. The zero-order chi connectivity index (χ0) is 23.0. The average molecular weight is 558 g/mol. The molecule has 1 aliphatic heterocycles. The van der Waals surface area contributed by atoms with E-state index in [-0.39, 0.29) is 27.9 Å². The third-order valence-corrected chi connectivity index (χ3v) is 8.03. The molecule has 0 bridgehead atoms. The Morgan fingerprint density at radius 1 is 1.09 bits per heavy atom. The number of imide groups is 1. The van der Waals surface area contributed by atoms with Crippen molar-refractivity contribution in [3.63, 3.8) is 0 Å². The molecule has 2 heterocycles. The van der Waals surface area contributed by atoms with E-state index in [1.807, 2.05) is 0 Å². The molecular formula is C21H15BrCl2N2O5S. The van der Waals surface area contributed by atoms with Gasteiger partial charge in [-0.15, -0.1) is 0 Å². The maximum atomic E-state index is 13.6. The molecule has 1 saturated heterocycles. The molecule has 1 aliphatic rings. The molecule has 7 nitrogen and oxygen atoms in total. The summed E-state index contributed by atoms with van der Waals surface area (Å²) in [5.41, 5.74) is 0.349. The molecular weight excluding hydrogens is 543 g/mol. The van der Waals surface area contributed by atoms with Crippen LogP contribution in [0.15, 0.2) is 74.6 Å². The maximum absolute atomic E-state index is 13.6. The van der Waals surface area contributed by atoms with E-state index in [4.69, 9.17) is 27.6 Å². The lowest BCUT2D eigenvalue weighted by Crippen LogP contribution is -2.45. The molecule has 1 aromatic heterocycles. The highest BCUT2D eigenvalue weighted by molar-refractivity contribution is 9.10. The number of amides is 2. The largest absolute Gasteiger partial charge is 0.468 e. The van der Waals surface area contributed by atoms with Crippen LogP contribution < -0.4 is 4.90 Å². The Morgan fingerprint density at radius 3 is 2.47 bits per heavy atom. The smallest absolute Gasteiger partial charge is 0.252 e. The average Bonchev–Trinajstić information content (AvgIpc) is 3.36. The summed E-state index contributed by atoms with van der Waals surface area (Å²) < 4.78 is 34.2. The molecule has 32 heavy (non-hydrogen) atoms. The van der Waals surface area contributed by atoms with Crippen LogP contribution in [0.5, 0.6) is 0 Å². The third kappa shape index (κ3) is 4.35. The predicted octanol–water partition coefficient (Wildman–Crippen LogP) is 4.87. The fourth-order valence-corrected chi connectivity index (χ4v) is 5.97. The standard InChI is InChI=1S/C21H15BrCl2N2O5S/c22-13-3-6-15(7-4-13)26-20(27)11-18(21(26)28)25(12-16-2-1-9-31-16)32(29,30)19-10-14(23)5-8-17(19)24/h1-10,18H,11-12H2. The molecule has 0 N–H and O–H groups in total. The minimum Gasteiger partial charge on any atom is -0.468 e. The topological polar surface area (TPSA) is 87.9 Å². The number of halogens is 3. The molecule has 1 fully saturated rings. The summed E-state index contributed by atoms with van der Waals surface area (Å²) in [6, 6.07) is 12.5. The summed E-state index contributed by atoms with van der Waals surface area (Å²) in [6.45, 7) is -0.268. The Hall–Kier alpha value is -2.17. The molecule has 2 amide bonds. The Kier molecular flexibility index (Phi) is 6.46. The van der Waals surface area contributed by atoms with Crippen molar-refractivity contribution in [2.75, 3.05) is 4.90 Å². The normalized spacial score (nSPS) is 16.9. The van der Waals surface area contributed by atoms with Crippen molar-refractivity contribution in [1.82, 2.24) is 4.31 Å². The quantitative estimate of drug-likeness (QED) is 0.403. The highest BCUT2D eigenvalue weighted by Gasteiger charge is 2.47. The number of carbonyl (C=O) groups is 2. The molecule has 4 rings (SSSR count). The van der Waals surface area contributed by atoms with E-state index in [1.54, 1.807) is 36.4 Å². The van der Waals surface area contributed by atoms with E-state index in [9.17, 15) is 18.0 Å². The third-order valence-electron chi connectivity index (χ3n) is 4.93. The second-order valence-corrected chi connectivity index (χ2v) is 10.6. The number of rotatable bonds is 6. The predicted molar refractivity (Wildman–Crippen MR) is 123 cm³/mol. The van der Waals surface area contributed by atoms with E-state index >= 15 is 0 Å². The molecule has 0 aliphatic carbocycles. The second-order valence-electron chi connectivity index (χ2n) is 6.97. The number of nitrogens with zero attached hydrogens (tertiary/aromatic N) is 2. The summed E-state index contributed by atoms with van der Waals surface area (Å²) in [7, 11) is -4.33. The number of anilines is 1. The zero-order valence-electron chi connectivity index (χ0n) is 16.2. The van der Waals surface area contributed by atoms with Gasteiger partial charge in [0.05, 0.1) is 29.9 Å². The van der Waals surface area contributed by atoms with E-state index < -0.39 is 27.9 Å². The molecule has 0 spiro atoms. The van der Waals surface area contributed by atoms with Crippen LogP contribution in [0.1, 0.15) is 12.2 Å². The van der Waals surface area contributed by atoms with Crippen molar-refractivity contribution < 1.29 is 22.4 Å². The maximum Gasteiger partial charge on any atom is 0.252 e. The van der Waals surface area contributed by atoms with E-state index in [2.05, 4.69) is 15.9 Å². The second kappa shape index (κ2) is 8.99. The molecule has 0 saturated carbocycles. The Morgan fingerprint density at radius 2 is 1.81 bits per heavy atom. The number of sulfonamides is 1. The van der Waals surface area contributed by atoms with E-state index in [0.29, 0.717) is 11.4 Å². The van der Waals surface area contributed by atoms with Gasteiger partial charge in [-0.1, -0.05) is 39.1 Å². The summed E-state index contributed by atoms with van der Waals surface area (Å²) in [4.78, 5) is 26.8. The minimum atomic E-state index is -4.33. The van der Waals surface area contributed by atoms with Gasteiger partial charge in [0.2, 0.25) is 15.9 Å². The van der Waals surface area contributed by atoms with Gasteiger partial charge in [-0.05, 0) is 54.6 Å². The van der Waals surface area contributed by atoms with Gasteiger partial charge in [0, 0.05) is 9.50 Å². The van der Waals surface area contributed by atoms with Crippen molar-refractivity contribution in [1.29, 1.82) is 0 Å². The first kappa shape index (κ1) is 23.0. The molecule has 166 valence electrons. The van der Waals surface area contributed by atoms with Crippen molar-refractivity contribution in [2.45, 2.75) is 23.9 Å². The van der Waals surface area contributed by atoms with Crippen LogP contribution >= 0.6 is 39.1 Å². The number of carbonyl (C=O) groups excluding carboxylic acids is 2. The highest BCUT2D eigenvalue weighted by Crippen LogP contribution is 2.34. The van der Waals surface area contributed by atoms with Crippen LogP contribution in [0.4, 0.5) is 5.69 Å². The first-order valence-corrected chi connectivity index (χ1v) is 12.3. The first-order chi connectivity index (χ1) is 15.2. The van der Waals surface area contributed by atoms with Crippen LogP contribution in [0.2, 0.25) is 10.0 Å². The van der Waals surface area contributed by atoms with Crippen LogP contribution in [-0.2, 0) is 26.2 Å². The van der Waals surface area contributed by atoms with Crippen LogP contribution in [0.3, 0.4) is 0 Å². The van der Waals surface area contributed by atoms with Gasteiger partial charge >= 0.3 is 0 Å². The van der Waals surface area contributed by atoms with Gasteiger partial charge < -0.3 is 4.42 Å². The van der Waals surface area contributed by atoms with E-state index in [0.717, 1.165) is 13.7 Å². The molecule has 1 unspecified atom stereocenters. The van der Waals surface area contributed by atoms with Crippen molar-refractivity contribution in [3.05, 3.63) is 81.1 Å². The van der Waals surface area contributed by atoms with Crippen molar-refractivity contribution in [3.8, 4) is 0 Å². The summed E-state index contributed by atoms with van der Waals surface area (Å²) in [5.74, 6) is -0.876. The van der Waals surface area contributed by atoms with Crippen molar-refractivity contribution >= 4 is 66.7 Å². The molecule has 0 radical (unpaired) electrons. The molecule has 3 aromatic rings. The van der Waals surface area contributed by atoms with Crippen molar-refractivity contribution in [2.24, 2.45) is 0 Å². The van der Waals surface area contributed by atoms with Gasteiger partial charge in [0.1, 0.15) is 16.7 Å². The lowest BCUT2D eigenvalue weighted by molar-refractivity contribution is -0.122. The Balaban J connectivity index is 1.77. The van der Waals surface area contributed by atoms with Gasteiger partial charge in [0.15, 0.2) is 0 Å². The van der Waals surface area contributed by atoms with Crippen LogP contribution in [0, 0.1) is 0 Å². The number of hydrogen-bond acceptors (Lipinski definition) is 5. The number of benzene rings is 2. The van der Waals surface area contributed by atoms with Gasteiger partial charge in [-0.2, -0.15) is 4.31 Å². The Labute approximate surface area is 202 Å². The molecule has 11 heteroatoms. The number of hydrogen-bond donors (Lipinski definition) is 0. The fourth-order valence-electron chi connectivity index (χ4n) is 3.42. The van der Waals surface area contributed by atoms with Crippen LogP contribution in [-0.4, -0.2) is 30.6 Å². The fraction of sp³-hybridized carbons (Fsp3) is 0.143.